The zero-order valence-corrected chi connectivity index (χ0v) is 18.3. The van der Waals surface area contributed by atoms with Gasteiger partial charge in [-0.3, -0.25) is 9.69 Å². The van der Waals surface area contributed by atoms with Crippen LogP contribution in [0.4, 0.5) is 5.82 Å². The Balaban J connectivity index is 1.57. The third kappa shape index (κ3) is 4.77. The molecule has 4 rings (SSSR count). The summed E-state index contributed by atoms with van der Waals surface area (Å²) in [6.45, 7) is 3.45. The quantitative estimate of drug-likeness (QED) is 0.346. The number of ether oxygens (including phenoxy) is 1. The third-order valence-corrected chi connectivity index (χ3v) is 5.55. The maximum Gasteiger partial charge on any atom is 0.293 e. The number of amides is 1. The van der Waals surface area contributed by atoms with E-state index in [4.69, 9.17) is 15.1 Å². The number of anilines is 1. The van der Waals surface area contributed by atoms with Gasteiger partial charge in [-0.2, -0.15) is 9.78 Å². The van der Waals surface area contributed by atoms with E-state index in [-0.39, 0.29) is 23.1 Å². The van der Waals surface area contributed by atoms with E-state index in [9.17, 15) is 9.90 Å². The number of hydrogen-bond acceptors (Lipinski definition) is 11. The van der Waals surface area contributed by atoms with Crippen molar-refractivity contribution in [3.05, 3.63) is 35.2 Å². The Hall–Kier alpha value is -4.00. The molecule has 3 heterocycles. The maximum absolute atomic E-state index is 12.9. The minimum absolute atomic E-state index is 0.0348. The number of nitrogens with two attached hydrogens (primary N) is 1. The van der Waals surface area contributed by atoms with Gasteiger partial charge in [0.15, 0.2) is 17.2 Å². The number of aromatic hydroxyl groups is 1. The lowest BCUT2D eigenvalue weighted by atomic mass is 10.0. The van der Waals surface area contributed by atoms with Crippen LogP contribution in [0.15, 0.2) is 27.9 Å². The van der Waals surface area contributed by atoms with Crippen molar-refractivity contribution in [3.8, 4) is 17.3 Å². The van der Waals surface area contributed by atoms with Gasteiger partial charge < -0.3 is 15.6 Å². The summed E-state index contributed by atoms with van der Waals surface area (Å²) in [5.74, 6) is -0.0426. The minimum atomic E-state index is -0.551. The molecule has 0 radical (unpaired) electrons. The summed E-state index contributed by atoms with van der Waals surface area (Å²) in [7, 11) is 1.46. The normalized spacial score (nSPS) is 16.8. The van der Waals surface area contributed by atoms with E-state index in [1.807, 2.05) is 0 Å². The van der Waals surface area contributed by atoms with Gasteiger partial charge in [-0.1, -0.05) is 11.6 Å². The van der Waals surface area contributed by atoms with Gasteiger partial charge in [0.05, 0.1) is 19.0 Å². The molecule has 2 aromatic heterocycles. The van der Waals surface area contributed by atoms with Crippen molar-refractivity contribution in [2.75, 3.05) is 19.4 Å². The van der Waals surface area contributed by atoms with E-state index in [0.29, 0.717) is 29.6 Å². The maximum atomic E-state index is 12.9. The summed E-state index contributed by atoms with van der Waals surface area (Å²) < 4.78 is 11.1. The fraction of sp³-hybridized carbons (Fsp3) is 0.400. The molecule has 0 aliphatic carbocycles. The van der Waals surface area contributed by atoms with Crippen molar-refractivity contribution in [1.82, 2.24) is 35.6 Å². The smallest absolute Gasteiger partial charge is 0.293 e. The van der Waals surface area contributed by atoms with Crippen LogP contribution in [0.25, 0.3) is 5.82 Å². The van der Waals surface area contributed by atoms with Crippen LogP contribution in [-0.4, -0.2) is 67.1 Å². The van der Waals surface area contributed by atoms with Crippen molar-refractivity contribution in [3.63, 3.8) is 0 Å². The van der Waals surface area contributed by atoms with Crippen LogP contribution in [0.3, 0.4) is 0 Å². The van der Waals surface area contributed by atoms with E-state index in [0.717, 1.165) is 25.8 Å². The molecule has 13 heteroatoms. The van der Waals surface area contributed by atoms with Gasteiger partial charge >= 0.3 is 0 Å². The van der Waals surface area contributed by atoms with E-state index >= 15 is 0 Å². The number of rotatable bonds is 7. The molecule has 0 unspecified atom stereocenters. The fourth-order valence-corrected chi connectivity index (χ4v) is 3.72. The number of piperidine rings is 1. The number of likely N-dealkylation sites (tertiary alicyclic amines) is 1. The first-order chi connectivity index (χ1) is 16.0. The van der Waals surface area contributed by atoms with Crippen molar-refractivity contribution in [1.29, 1.82) is 0 Å². The second-order valence-electron chi connectivity index (χ2n) is 7.72. The highest BCUT2D eigenvalue weighted by atomic mass is 16.6. The lowest BCUT2D eigenvalue weighted by molar-refractivity contribution is 0.0945. The molecule has 0 bridgehead atoms. The van der Waals surface area contributed by atoms with Crippen LogP contribution in [0.5, 0.6) is 11.5 Å². The minimum Gasteiger partial charge on any atom is -0.504 e. The fourth-order valence-electron chi connectivity index (χ4n) is 3.72. The topological polar surface area (TPSA) is 170 Å². The van der Waals surface area contributed by atoms with E-state index < -0.39 is 5.91 Å². The Morgan fingerprint density at radius 2 is 2.27 bits per heavy atom. The number of hydrazone groups is 1. The van der Waals surface area contributed by atoms with Crippen LogP contribution < -0.4 is 15.9 Å². The van der Waals surface area contributed by atoms with Crippen LogP contribution in [0.2, 0.25) is 0 Å². The van der Waals surface area contributed by atoms with Gasteiger partial charge in [0.25, 0.3) is 5.91 Å². The molecule has 4 N–H and O–H groups in total. The molecule has 1 aliphatic rings. The molecule has 0 saturated carbocycles. The number of nitrogens with one attached hydrogen (secondary N) is 1. The van der Waals surface area contributed by atoms with Crippen molar-refractivity contribution in [2.45, 2.75) is 38.8 Å². The first-order valence-corrected chi connectivity index (χ1v) is 10.5. The second-order valence-corrected chi connectivity index (χ2v) is 7.72. The number of phenolic OH excluding ortho intramolecular Hbond substituents is 1. The first kappa shape index (κ1) is 22.2. The molecule has 1 aromatic carbocycles. The molecule has 1 fully saturated rings. The lowest BCUT2D eigenvalue weighted by Crippen LogP contribution is -2.38. The van der Waals surface area contributed by atoms with E-state index in [2.05, 4.69) is 43.0 Å². The number of carbonyl (C=O) groups excluding carboxylic acids is 1. The highest BCUT2D eigenvalue weighted by Crippen LogP contribution is 2.25. The SMILES string of the molecule is COc1ccc(/C=N/NC(=O)c2nnn(-c3nonc3N)c2CN2CCCC[C@@H]2C)cc1O. The van der Waals surface area contributed by atoms with Gasteiger partial charge in [-0.15, -0.1) is 5.10 Å². The molecule has 33 heavy (non-hydrogen) atoms. The molecule has 174 valence electrons. The number of nitrogens with zero attached hydrogens (tertiary/aromatic N) is 7. The highest BCUT2D eigenvalue weighted by Gasteiger charge is 2.28. The van der Waals surface area contributed by atoms with Crippen molar-refractivity contribution >= 4 is 17.9 Å². The Labute approximate surface area is 189 Å². The Kier molecular flexibility index (Phi) is 6.49. The standard InChI is InChI=1S/C20H25N9O4/c1-12-5-3-4-8-28(12)11-14-17(23-27-29(14)19-18(21)25-33-26-19)20(31)24-22-10-13-6-7-16(32-2)15(30)9-13/h6-7,9-10,12,30H,3-5,8,11H2,1-2H3,(H2,21,25)(H,24,31)/b22-10+/t12-/m0/s1. The highest BCUT2D eigenvalue weighted by molar-refractivity contribution is 5.94. The number of carbonyl (C=O) groups is 1. The molecule has 1 amide bonds. The lowest BCUT2D eigenvalue weighted by Gasteiger charge is -2.33. The second kappa shape index (κ2) is 9.65. The zero-order chi connectivity index (χ0) is 23.4. The Bertz CT molecular complexity index is 1160. The van der Waals surface area contributed by atoms with Gasteiger partial charge in [0.1, 0.15) is 0 Å². The average Bonchev–Trinajstić information content (AvgIpc) is 3.41. The average molecular weight is 455 g/mol. The van der Waals surface area contributed by atoms with Crippen molar-refractivity contribution < 1.29 is 19.3 Å². The Morgan fingerprint density at radius 1 is 1.42 bits per heavy atom. The predicted octanol–water partition coefficient (Wildman–Crippen LogP) is 1.08. The third-order valence-electron chi connectivity index (χ3n) is 5.55. The van der Waals surface area contributed by atoms with E-state index in [1.165, 1.54) is 24.1 Å². The number of hydrogen-bond donors (Lipinski definition) is 3. The summed E-state index contributed by atoms with van der Waals surface area (Å²) in [5, 5.41) is 29.3. The number of aromatic nitrogens is 5. The molecular weight excluding hydrogens is 430 g/mol. The zero-order valence-electron chi connectivity index (χ0n) is 18.3. The monoisotopic (exact) mass is 455 g/mol. The first-order valence-electron chi connectivity index (χ1n) is 10.5. The Morgan fingerprint density at radius 3 is 2.97 bits per heavy atom. The molecule has 13 nitrogen and oxygen atoms in total. The summed E-state index contributed by atoms with van der Waals surface area (Å²) >= 11 is 0. The molecule has 3 aromatic rings. The van der Waals surface area contributed by atoms with Crippen LogP contribution in [0, 0.1) is 0 Å². The number of phenols is 1. The van der Waals surface area contributed by atoms with Crippen LogP contribution >= 0.6 is 0 Å². The van der Waals surface area contributed by atoms with Crippen LogP contribution in [0.1, 0.15) is 47.9 Å². The molecule has 1 saturated heterocycles. The molecular formula is C20H25N9O4. The summed E-state index contributed by atoms with van der Waals surface area (Å²) in [6, 6.07) is 5.09. The largest absolute Gasteiger partial charge is 0.504 e. The van der Waals surface area contributed by atoms with Crippen molar-refractivity contribution in [2.24, 2.45) is 5.10 Å². The number of methoxy groups -OCH3 is 1. The van der Waals surface area contributed by atoms with Gasteiger partial charge in [-0.05, 0) is 60.4 Å². The van der Waals surface area contributed by atoms with Crippen LogP contribution in [-0.2, 0) is 6.54 Å². The van der Waals surface area contributed by atoms with Gasteiger partial charge in [0, 0.05) is 12.6 Å². The molecule has 1 aliphatic heterocycles. The summed E-state index contributed by atoms with van der Waals surface area (Å²) in [5.41, 5.74) is 9.45. The summed E-state index contributed by atoms with van der Waals surface area (Å²) in [4.78, 5) is 15.1. The summed E-state index contributed by atoms with van der Waals surface area (Å²) in [6.07, 6.45) is 4.70. The van der Waals surface area contributed by atoms with Gasteiger partial charge in [0.2, 0.25) is 11.6 Å². The molecule has 0 spiro atoms. The van der Waals surface area contributed by atoms with Gasteiger partial charge in [-0.25, -0.2) is 10.1 Å². The number of nitrogen functional groups attached to an aromatic ring is 1. The molecule has 1 atom stereocenters. The van der Waals surface area contributed by atoms with E-state index in [1.54, 1.807) is 12.1 Å². The number of benzene rings is 1. The predicted molar refractivity (Wildman–Crippen MR) is 117 cm³/mol.